The van der Waals surface area contributed by atoms with Gasteiger partial charge in [-0.15, -0.1) is 0 Å². The number of likely N-dealkylation sites (tertiary alicyclic amines) is 1. The lowest BCUT2D eigenvalue weighted by Gasteiger charge is -2.40. The minimum Gasteiger partial charge on any atom is -0.487 e. The van der Waals surface area contributed by atoms with Gasteiger partial charge in [-0.25, -0.2) is 4.79 Å². The van der Waals surface area contributed by atoms with Crippen molar-refractivity contribution in [1.82, 2.24) is 14.7 Å². The van der Waals surface area contributed by atoms with Crippen molar-refractivity contribution in [3.05, 3.63) is 30.1 Å². The van der Waals surface area contributed by atoms with Crippen LogP contribution in [0.3, 0.4) is 0 Å². The molecule has 1 aliphatic carbocycles. The second kappa shape index (κ2) is 7.06. The van der Waals surface area contributed by atoms with E-state index in [1.807, 2.05) is 29.9 Å². The van der Waals surface area contributed by atoms with Gasteiger partial charge in [0.2, 0.25) is 0 Å². The molecular formula is C22H28N4O3. The molecule has 7 heteroatoms. The van der Waals surface area contributed by atoms with E-state index >= 15 is 0 Å². The van der Waals surface area contributed by atoms with Gasteiger partial charge in [-0.05, 0) is 51.3 Å². The monoisotopic (exact) mass is 396 g/mol. The summed E-state index contributed by atoms with van der Waals surface area (Å²) in [6.07, 6.45) is 7.26. The Labute approximate surface area is 170 Å². The van der Waals surface area contributed by atoms with Crippen molar-refractivity contribution in [1.29, 1.82) is 0 Å². The molecule has 1 atom stereocenters. The van der Waals surface area contributed by atoms with Gasteiger partial charge in [0.05, 0.1) is 17.9 Å². The van der Waals surface area contributed by atoms with Crippen LogP contribution in [0.1, 0.15) is 44.7 Å². The van der Waals surface area contributed by atoms with Crippen LogP contribution in [0.15, 0.2) is 24.5 Å². The Hall–Kier alpha value is -2.54. The van der Waals surface area contributed by atoms with Gasteiger partial charge in [-0.2, -0.15) is 5.10 Å². The number of carbonyl (C=O) groups is 1. The number of aromatic nitrogens is 2. The van der Waals surface area contributed by atoms with Crippen LogP contribution >= 0.6 is 0 Å². The number of likely N-dealkylation sites (N-methyl/N-ethyl adjacent to an activating group) is 1. The summed E-state index contributed by atoms with van der Waals surface area (Å²) >= 11 is 0. The van der Waals surface area contributed by atoms with E-state index in [2.05, 4.69) is 23.1 Å². The summed E-state index contributed by atoms with van der Waals surface area (Å²) in [5.41, 5.74) is 3.83. The molecule has 0 spiro atoms. The largest absolute Gasteiger partial charge is 0.487 e. The van der Waals surface area contributed by atoms with Crippen LogP contribution in [-0.2, 0) is 6.42 Å². The minimum atomic E-state index is -0.903. The molecule has 1 saturated heterocycles. The number of hydrogen-bond acceptors (Lipinski definition) is 4. The molecule has 2 aliphatic heterocycles. The fraction of sp³-hybridized carbons (Fsp3) is 0.545. The third-order valence-corrected chi connectivity index (χ3v) is 6.44. The topological polar surface area (TPSA) is 70.8 Å². The van der Waals surface area contributed by atoms with E-state index in [-0.39, 0.29) is 12.1 Å². The van der Waals surface area contributed by atoms with Gasteiger partial charge in [-0.3, -0.25) is 14.5 Å². The SMILES string of the molecule is CCN1CC(Oc2c(-c3cnn(C4CC4)c3)ccc3c2CC[C@H](C)N3C(=O)O)C1. The summed E-state index contributed by atoms with van der Waals surface area (Å²) < 4.78 is 8.56. The summed E-state index contributed by atoms with van der Waals surface area (Å²) in [6.45, 7) is 6.98. The van der Waals surface area contributed by atoms with E-state index in [0.29, 0.717) is 6.04 Å². The van der Waals surface area contributed by atoms with Crippen LogP contribution in [0.2, 0.25) is 0 Å². The summed E-state index contributed by atoms with van der Waals surface area (Å²) in [6, 6.07) is 4.44. The third kappa shape index (κ3) is 3.27. The second-order valence-electron chi connectivity index (χ2n) is 8.51. The molecule has 3 aliphatic rings. The average Bonchev–Trinajstić information content (AvgIpc) is 3.40. The molecule has 0 bridgehead atoms. The summed E-state index contributed by atoms with van der Waals surface area (Å²) in [7, 11) is 0. The van der Waals surface area contributed by atoms with Crippen LogP contribution in [0.4, 0.5) is 10.5 Å². The fourth-order valence-electron chi connectivity index (χ4n) is 4.50. The number of amides is 1. The van der Waals surface area contributed by atoms with Crippen molar-refractivity contribution < 1.29 is 14.6 Å². The highest BCUT2D eigenvalue weighted by molar-refractivity contribution is 5.91. The van der Waals surface area contributed by atoms with Gasteiger partial charge in [0, 0.05) is 42.0 Å². The number of anilines is 1. The Morgan fingerprint density at radius 1 is 1.28 bits per heavy atom. The molecule has 1 amide bonds. The zero-order valence-electron chi connectivity index (χ0n) is 17.0. The molecule has 1 aromatic carbocycles. The number of carboxylic acid groups (broad SMARTS) is 1. The Balaban J connectivity index is 1.55. The quantitative estimate of drug-likeness (QED) is 0.833. The van der Waals surface area contributed by atoms with E-state index in [1.54, 1.807) is 0 Å². The summed E-state index contributed by atoms with van der Waals surface area (Å²) in [5, 5.41) is 14.3. The van der Waals surface area contributed by atoms with Crippen molar-refractivity contribution >= 4 is 11.8 Å². The standard InChI is InChI=1S/C22H28N4O3/c1-3-24-12-17(13-24)29-21-18(15-10-23-25(11-15)16-5-6-16)8-9-20-19(21)7-4-14(2)26(20)22(27)28/h8-11,14,16-17H,3-7,12-13H2,1-2H3,(H,27,28)/t14-/m0/s1. The molecule has 2 aromatic rings. The number of benzene rings is 1. The van der Waals surface area contributed by atoms with E-state index in [4.69, 9.17) is 4.74 Å². The molecule has 1 aromatic heterocycles. The Bertz CT molecular complexity index is 930. The first-order chi connectivity index (χ1) is 14.0. The van der Waals surface area contributed by atoms with Crippen LogP contribution in [0.25, 0.3) is 11.1 Å². The molecule has 29 heavy (non-hydrogen) atoms. The number of ether oxygens (including phenoxy) is 1. The van der Waals surface area contributed by atoms with Crippen molar-refractivity contribution in [3.63, 3.8) is 0 Å². The van der Waals surface area contributed by atoms with Gasteiger partial charge in [-0.1, -0.05) is 6.92 Å². The van der Waals surface area contributed by atoms with Gasteiger partial charge in [0.1, 0.15) is 11.9 Å². The van der Waals surface area contributed by atoms with Crippen LogP contribution in [0.5, 0.6) is 5.75 Å². The Morgan fingerprint density at radius 3 is 2.76 bits per heavy atom. The Kier molecular flexibility index (Phi) is 4.50. The average molecular weight is 396 g/mol. The number of nitrogens with zero attached hydrogens (tertiary/aromatic N) is 4. The van der Waals surface area contributed by atoms with Crippen molar-refractivity contribution in [2.45, 2.75) is 57.7 Å². The Morgan fingerprint density at radius 2 is 2.07 bits per heavy atom. The maximum atomic E-state index is 11.9. The third-order valence-electron chi connectivity index (χ3n) is 6.44. The molecule has 154 valence electrons. The molecule has 0 unspecified atom stereocenters. The molecule has 2 fully saturated rings. The van der Waals surface area contributed by atoms with Gasteiger partial charge in [0.25, 0.3) is 0 Å². The minimum absolute atomic E-state index is 0.0318. The summed E-state index contributed by atoms with van der Waals surface area (Å²) in [5.74, 6) is 0.844. The molecule has 3 heterocycles. The molecule has 1 N–H and O–H groups in total. The highest BCUT2D eigenvalue weighted by Gasteiger charge is 2.34. The van der Waals surface area contributed by atoms with E-state index < -0.39 is 6.09 Å². The molecular weight excluding hydrogens is 368 g/mol. The van der Waals surface area contributed by atoms with E-state index in [1.165, 1.54) is 17.7 Å². The summed E-state index contributed by atoms with van der Waals surface area (Å²) in [4.78, 5) is 15.7. The smallest absolute Gasteiger partial charge is 0.412 e. The van der Waals surface area contributed by atoms with Crippen LogP contribution in [0, 0.1) is 0 Å². The molecule has 7 nitrogen and oxygen atoms in total. The normalized spacial score (nSPS) is 22.3. The maximum absolute atomic E-state index is 11.9. The van der Waals surface area contributed by atoms with Crippen LogP contribution in [-0.4, -0.2) is 57.7 Å². The predicted octanol–water partition coefficient (Wildman–Crippen LogP) is 3.79. The lowest BCUT2D eigenvalue weighted by molar-refractivity contribution is 0.0236. The maximum Gasteiger partial charge on any atom is 0.412 e. The predicted molar refractivity (Wildman–Crippen MR) is 111 cm³/mol. The first-order valence-corrected chi connectivity index (χ1v) is 10.7. The molecule has 5 rings (SSSR count). The number of hydrogen-bond donors (Lipinski definition) is 1. The lowest BCUT2D eigenvalue weighted by atomic mass is 9.92. The van der Waals surface area contributed by atoms with Crippen molar-refractivity contribution in [3.8, 4) is 16.9 Å². The highest BCUT2D eigenvalue weighted by Crippen LogP contribution is 2.44. The lowest BCUT2D eigenvalue weighted by Crippen LogP contribution is -2.53. The highest BCUT2D eigenvalue weighted by atomic mass is 16.5. The zero-order valence-corrected chi connectivity index (χ0v) is 17.0. The fourth-order valence-corrected chi connectivity index (χ4v) is 4.50. The van der Waals surface area contributed by atoms with Crippen LogP contribution < -0.4 is 9.64 Å². The second-order valence-corrected chi connectivity index (χ2v) is 8.51. The first-order valence-electron chi connectivity index (χ1n) is 10.7. The first kappa shape index (κ1) is 18.5. The van der Waals surface area contributed by atoms with E-state index in [9.17, 15) is 9.90 Å². The van der Waals surface area contributed by atoms with E-state index in [0.717, 1.165) is 60.6 Å². The molecule has 0 radical (unpaired) electrons. The van der Waals surface area contributed by atoms with Crippen molar-refractivity contribution in [2.24, 2.45) is 0 Å². The number of fused-ring (bicyclic) bond motifs is 1. The van der Waals surface area contributed by atoms with Gasteiger partial charge >= 0.3 is 6.09 Å². The van der Waals surface area contributed by atoms with Gasteiger partial charge in [0.15, 0.2) is 0 Å². The zero-order chi connectivity index (χ0) is 20.1. The van der Waals surface area contributed by atoms with Crippen molar-refractivity contribution in [2.75, 3.05) is 24.5 Å². The molecule has 1 saturated carbocycles. The van der Waals surface area contributed by atoms with Gasteiger partial charge < -0.3 is 9.84 Å². The number of rotatable bonds is 5.